The number of aromatic nitrogens is 1. The molecule has 3 N–H and O–H groups in total. The molecule has 98 valence electrons. The average Bonchev–Trinajstić information content (AvgIpc) is 2.86. The van der Waals surface area contributed by atoms with E-state index in [1.54, 1.807) is 6.07 Å². The molecule has 0 amide bonds. The fourth-order valence-corrected chi connectivity index (χ4v) is 3.52. The van der Waals surface area contributed by atoms with E-state index in [-0.39, 0.29) is 11.5 Å². The second-order valence-electron chi connectivity index (χ2n) is 5.54. The molecule has 1 aromatic carbocycles. The number of nitrogens with one attached hydrogen (secondary N) is 1. The van der Waals surface area contributed by atoms with Gasteiger partial charge in [0.25, 0.3) is 0 Å². The normalized spacial score (nSPS) is 21.0. The van der Waals surface area contributed by atoms with Crippen LogP contribution in [0.5, 0.6) is 11.5 Å². The highest BCUT2D eigenvalue weighted by atomic mass is 16.3. The lowest BCUT2D eigenvalue weighted by molar-refractivity contribution is 0.227. The van der Waals surface area contributed by atoms with Crippen LogP contribution < -0.4 is 0 Å². The minimum atomic E-state index is -0.00824. The number of aromatic amines is 1. The summed E-state index contributed by atoms with van der Waals surface area (Å²) in [5.41, 5.74) is 5.40. The van der Waals surface area contributed by atoms with Gasteiger partial charge < -0.3 is 15.2 Å². The molecule has 1 atom stereocenters. The van der Waals surface area contributed by atoms with Crippen LogP contribution in [0.15, 0.2) is 18.5 Å². The molecule has 0 bridgehead atoms. The van der Waals surface area contributed by atoms with Crippen LogP contribution >= 0.6 is 0 Å². The molecule has 1 unspecified atom stereocenters. The summed E-state index contributed by atoms with van der Waals surface area (Å²) in [5, 5.41) is 20.2. The third-order valence-electron chi connectivity index (χ3n) is 4.52. The van der Waals surface area contributed by atoms with Crippen molar-refractivity contribution in [1.29, 1.82) is 0 Å². The van der Waals surface area contributed by atoms with E-state index in [0.717, 1.165) is 30.5 Å². The number of hydrogen-bond acceptors (Lipinski definition) is 3. The Bertz CT molecular complexity index is 675. The Kier molecular flexibility index (Phi) is 2.04. The lowest BCUT2D eigenvalue weighted by atomic mass is 9.78. The maximum atomic E-state index is 10.3. The van der Waals surface area contributed by atoms with E-state index < -0.39 is 0 Å². The Morgan fingerprint density at radius 1 is 1.26 bits per heavy atom. The van der Waals surface area contributed by atoms with Gasteiger partial charge in [-0.1, -0.05) is 0 Å². The number of rotatable bonds is 0. The van der Waals surface area contributed by atoms with E-state index in [1.807, 2.05) is 12.4 Å². The van der Waals surface area contributed by atoms with Crippen molar-refractivity contribution in [3.05, 3.63) is 35.2 Å². The number of nitrogens with zero attached hydrogens (tertiary/aromatic N) is 1. The summed E-state index contributed by atoms with van der Waals surface area (Å²) in [6.07, 6.45) is 5.78. The summed E-state index contributed by atoms with van der Waals surface area (Å²) >= 11 is 0. The minimum absolute atomic E-state index is 0.00824. The first-order valence-corrected chi connectivity index (χ1v) is 6.60. The molecule has 0 fully saturated rings. The maximum absolute atomic E-state index is 10.3. The molecule has 1 aliphatic carbocycles. The number of likely N-dealkylation sites (N-methyl/N-ethyl adjacent to an activating group) is 1. The molecule has 2 aromatic rings. The molecule has 4 rings (SSSR count). The van der Waals surface area contributed by atoms with Gasteiger partial charge in [-0.25, -0.2) is 0 Å². The largest absolute Gasteiger partial charge is 0.504 e. The summed E-state index contributed by atoms with van der Waals surface area (Å²) in [6.45, 7) is 0.987. The van der Waals surface area contributed by atoms with Crippen molar-refractivity contribution in [3.63, 3.8) is 0 Å². The summed E-state index contributed by atoms with van der Waals surface area (Å²) in [6, 6.07) is 2.03. The number of hydrogen-bond donors (Lipinski definition) is 3. The van der Waals surface area contributed by atoms with E-state index in [4.69, 9.17) is 0 Å². The van der Waals surface area contributed by atoms with Gasteiger partial charge in [0, 0.05) is 36.1 Å². The van der Waals surface area contributed by atoms with Crippen LogP contribution in [0, 0.1) is 0 Å². The SMILES string of the molecule is CN1CCc2cc(O)c(O)c3c2C1Cc1c[nH]cc1-3. The van der Waals surface area contributed by atoms with Gasteiger partial charge in [-0.2, -0.15) is 0 Å². The first-order valence-electron chi connectivity index (χ1n) is 6.60. The molecule has 2 heterocycles. The molecule has 1 aromatic heterocycles. The number of phenols is 2. The van der Waals surface area contributed by atoms with Crippen molar-refractivity contribution in [3.8, 4) is 22.6 Å². The smallest absolute Gasteiger partial charge is 0.165 e. The van der Waals surface area contributed by atoms with E-state index in [1.165, 1.54) is 16.7 Å². The van der Waals surface area contributed by atoms with Gasteiger partial charge in [-0.15, -0.1) is 0 Å². The van der Waals surface area contributed by atoms with Crippen LogP contribution in [0.2, 0.25) is 0 Å². The van der Waals surface area contributed by atoms with Crippen molar-refractivity contribution < 1.29 is 10.2 Å². The summed E-state index contributed by atoms with van der Waals surface area (Å²) in [4.78, 5) is 5.45. The number of aromatic hydroxyl groups is 2. The predicted octanol–water partition coefficient (Wildman–Crippen LogP) is 2.18. The molecule has 1 aliphatic heterocycles. The predicted molar refractivity (Wildman–Crippen MR) is 72.3 cm³/mol. The number of H-pyrrole nitrogens is 1. The third-order valence-corrected chi connectivity index (χ3v) is 4.52. The first-order chi connectivity index (χ1) is 9.16. The number of phenolic OH excluding ortho intramolecular Hbond substituents is 2. The van der Waals surface area contributed by atoms with Crippen LogP contribution in [-0.2, 0) is 12.8 Å². The molecule has 4 nitrogen and oxygen atoms in total. The highest BCUT2D eigenvalue weighted by Crippen LogP contribution is 2.51. The van der Waals surface area contributed by atoms with Crippen LogP contribution in [0.25, 0.3) is 11.1 Å². The van der Waals surface area contributed by atoms with E-state index >= 15 is 0 Å². The van der Waals surface area contributed by atoms with E-state index in [9.17, 15) is 10.2 Å². The van der Waals surface area contributed by atoms with Crippen LogP contribution in [0.1, 0.15) is 22.7 Å². The monoisotopic (exact) mass is 256 g/mol. The van der Waals surface area contributed by atoms with Gasteiger partial charge in [0.15, 0.2) is 11.5 Å². The second kappa shape index (κ2) is 3.54. The first kappa shape index (κ1) is 10.9. The molecule has 2 aliphatic rings. The Labute approximate surface area is 111 Å². The third kappa shape index (κ3) is 1.32. The molecule has 0 spiro atoms. The van der Waals surface area contributed by atoms with Gasteiger partial charge in [-0.05, 0) is 42.6 Å². The van der Waals surface area contributed by atoms with Gasteiger partial charge in [0.05, 0.1) is 0 Å². The van der Waals surface area contributed by atoms with E-state index in [0.29, 0.717) is 6.04 Å². The van der Waals surface area contributed by atoms with Crippen molar-refractivity contribution in [1.82, 2.24) is 9.88 Å². The van der Waals surface area contributed by atoms with Gasteiger partial charge in [0.2, 0.25) is 0 Å². The standard InChI is InChI=1S/C15H16N2O2/c1-17-3-2-8-5-12(18)15(19)14-10-7-16-6-9(10)4-11(17)13(8)14/h5-7,11,16,18-19H,2-4H2,1H3. The van der Waals surface area contributed by atoms with Crippen molar-refractivity contribution >= 4 is 0 Å². The Morgan fingerprint density at radius 2 is 2.11 bits per heavy atom. The average molecular weight is 256 g/mol. The number of benzene rings is 1. The molecule has 19 heavy (non-hydrogen) atoms. The highest BCUT2D eigenvalue weighted by Gasteiger charge is 2.35. The zero-order valence-corrected chi connectivity index (χ0v) is 10.8. The zero-order chi connectivity index (χ0) is 13.1. The summed E-state index contributed by atoms with van der Waals surface area (Å²) in [5.74, 6) is 0.00528. The van der Waals surface area contributed by atoms with Crippen LogP contribution in [0.4, 0.5) is 0 Å². The summed E-state index contributed by atoms with van der Waals surface area (Å²) < 4.78 is 0. The zero-order valence-electron chi connectivity index (χ0n) is 10.8. The lowest BCUT2D eigenvalue weighted by Crippen LogP contribution is -2.35. The fourth-order valence-electron chi connectivity index (χ4n) is 3.52. The topological polar surface area (TPSA) is 59.5 Å². The Morgan fingerprint density at radius 3 is 2.95 bits per heavy atom. The Balaban J connectivity index is 2.10. The van der Waals surface area contributed by atoms with Crippen LogP contribution in [0.3, 0.4) is 0 Å². The molecule has 0 saturated heterocycles. The minimum Gasteiger partial charge on any atom is -0.504 e. The quantitative estimate of drug-likeness (QED) is 0.633. The van der Waals surface area contributed by atoms with Crippen molar-refractivity contribution in [2.45, 2.75) is 18.9 Å². The van der Waals surface area contributed by atoms with Gasteiger partial charge in [-0.3, -0.25) is 4.90 Å². The highest BCUT2D eigenvalue weighted by molar-refractivity contribution is 5.82. The van der Waals surface area contributed by atoms with Crippen molar-refractivity contribution in [2.75, 3.05) is 13.6 Å². The molecule has 0 radical (unpaired) electrons. The number of fused-ring (bicyclic) bond motifs is 2. The maximum Gasteiger partial charge on any atom is 0.165 e. The lowest BCUT2D eigenvalue weighted by Gasteiger charge is -2.39. The van der Waals surface area contributed by atoms with E-state index in [2.05, 4.69) is 16.9 Å². The molecular formula is C15H16N2O2. The van der Waals surface area contributed by atoms with Crippen molar-refractivity contribution in [2.24, 2.45) is 0 Å². The molecular weight excluding hydrogens is 240 g/mol. The van der Waals surface area contributed by atoms with Gasteiger partial charge in [0.1, 0.15) is 0 Å². The molecule has 4 heteroatoms. The molecule has 0 saturated carbocycles. The van der Waals surface area contributed by atoms with Gasteiger partial charge >= 0.3 is 0 Å². The fraction of sp³-hybridized carbons (Fsp3) is 0.333. The van der Waals surface area contributed by atoms with Crippen LogP contribution in [-0.4, -0.2) is 33.7 Å². The summed E-state index contributed by atoms with van der Waals surface area (Å²) in [7, 11) is 2.12. The Hall–Kier alpha value is -1.94. The second-order valence-corrected chi connectivity index (χ2v) is 5.54.